The van der Waals surface area contributed by atoms with Crippen molar-refractivity contribution in [3.8, 4) is 0 Å². The van der Waals surface area contributed by atoms with Gasteiger partial charge in [0.2, 0.25) is 5.91 Å². The molecule has 1 aliphatic rings. The van der Waals surface area contributed by atoms with E-state index in [0.717, 1.165) is 32.2 Å². The quantitative estimate of drug-likeness (QED) is 0.646. The van der Waals surface area contributed by atoms with Gasteiger partial charge in [-0.2, -0.15) is 0 Å². The largest absolute Gasteiger partial charge is 0.396 e. The summed E-state index contributed by atoms with van der Waals surface area (Å²) in [6, 6.07) is 0.0738. The van der Waals surface area contributed by atoms with Crippen LogP contribution in [-0.2, 0) is 4.79 Å². The molecule has 1 unspecified atom stereocenters. The summed E-state index contributed by atoms with van der Waals surface area (Å²) in [5.41, 5.74) is 5.62. The third-order valence-electron chi connectivity index (χ3n) is 3.50. The molecule has 0 radical (unpaired) electrons. The van der Waals surface area contributed by atoms with Crippen LogP contribution in [0.25, 0.3) is 0 Å². The molecule has 0 bridgehead atoms. The third kappa shape index (κ3) is 4.10. The Bertz CT molecular complexity index is 213. The van der Waals surface area contributed by atoms with E-state index in [1.165, 1.54) is 0 Å². The zero-order chi connectivity index (χ0) is 12.0. The lowest BCUT2D eigenvalue weighted by Crippen LogP contribution is -2.39. The maximum absolute atomic E-state index is 11.9. The summed E-state index contributed by atoms with van der Waals surface area (Å²) in [5.74, 6) is 0.916. The Kier molecular flexibility index (Phi) is 5.77. The van der Waals surface area contributed by atoms with Crippen molar-refractivity contribution in [1.29, 1.82) is 0 Å². The Labute approximate surface area is 97.6 Å². The zero-order valence-electron chi connectivity index (χ0n) is 10.1. The minimum atomic E-state index is 0.0738. The van der Waals surface area contributed by atoms with E-state index in [4.69, 9.17) is 10.8 Å². The molecular formula is C12H24N2O2. The summed E-state index contributed by atoms with van der Waals surface area (Å²) < 4.78 is 0. The highest BCUT2D eigenvalue weighted by Crippen LogP contribution is 2.28. The molecule has 0 aromatic carbocycles. The van der Waals surface area contributed by atoms with Crippen molar-refractivity contribution < 1.29 is 9.90 Å². The number of hydrogen-bond donors (Lipinski definition) is 3. The van der Waals surface area contributed by atoms with Crippen molar-refractivity contribution >= 4 is 5.91 Å². The van der Waals surface area contributed by atoms with Gasteiger partial charge in [0.15, 0.2) is 0 Å². The van der Waals surface area contributed by atoms with Crippen LogP contribution in [-0.4, -0.2) is 30.2 Å². The number of nitrogens with two attached hydrogens (primary N) is 1. The standard InChI is InChI=1S/C12H24N2O2/c1-9(6-7-15)14-12(16)11-4-2-10(8-13)3-5-11/h9-11,15H,2-8,13H2,1H3,(H,14,16). The smallest absolute Gasteiger partial charge is 0.223 e. The fourth-order valence-corrected chi connectivity index (χ4v) is 2.29. The SMILES string of the molecule is CC(CCO)NC(=O)C1CCC(CN)CC1. The Morgan fingerprint density at radius 3 is 2.56 bits per heavy atom. The summed E-state index contributed by atoms with van der Waals surface area (Å²) in [7, 11) is 0. The second-order valence-electron chi connectivity index (χ2n) is 4.88. The number of amides is 1. The van der Waals surface area contributed by atoms with Crippen molar-refractivity contribution in [2.75, 3.05) is 13.2 Å². The van der Waals surface area contributed by atoms with E-state index in [9.17, 15) is 4.79 Å². The van der Waals surface area contributed by atoms with Gasteiger partial charge in [0, 0.05) is 18.6 Å². The average Bonchev–Trinajstić information content (AvgIpc) is 2.29. The molecule has 0 heterocycles. The van der Waals surface area contributed by atoms with Gasteiger partial charge in [-0.15, -0.1) is 0 Å². The topological polar surface area (TPSA) is 75.3 Å². The molecule has 0 aromatic rings. The number of hydrogen-bond acceptors (Lipinski definition) is 3. The van der Waals surface area contributed by atoms with Crippen molar-refractivity contribution in [2.24, 2.45) is 17.6 Å². The summed E-state index contributed by atoms with van der Waals surface area (Å²) in [4.78, 5) is 11.9. The second kappa shape index (κ2) is 6.86. The lowest BCUT2D eigenvalue weighted by molar-refractivity contribution is -0.126. The molecule has 1 atom stereocenters. The van der Waals surface area contributed by atoms with E-state index in [1.807, 2.05) is 6.92 Å². The zero-order valence-corrected chi connectivity index (χ0v) is 10.1. The third-order valence-corrected chi connectivity index (χ3v) is 3.50. The van der Waals surface area contributed by atoms with E-state index in [0.29, 0.717) is 12.3 Å². The summed E-state index contributed by atoms with van der Waals surface area (Å²) in [6.45, 7) is 2.80. The van der Waals surface area contributed by atoms with Crippen LogP contribution in [0.4, 0.5) is 0 Å². The molecule has 0 aliphatic heterocycles. The molecule has 4 heteroatoms. The fourth-order valence-electron chi connectivity index (χ4n) is 2.29. The molecule has 1 fully saturated rings. The van der Waals surface area contributed by atoms with Gasteiger partial charge in [-0.25, -0.2) is 0 Å². The van der Waals surface area contributed by atoms with E-state index < -0.39 is 0 Å². The lowest BCUT2D eigenvalue weighted by atomic mass is 9.81. The van der Waals surface area contributed by atoms with Crippen molar-refractivity contribution in [2.45, 2.75) is 45.1 Å². The molecule has 0 spiro atoms. The molecule has 4 nitrogen and oxygen atoms in total. The van der Waals surface area contributed by atoms with Gasteiger partial charge in [-0.1, -0.05) is 0 Å². The highest BCUT2D eigenvalue weighted by molar-refractivity contribution is 5.78. The first-order chi connectivity index (χ1) is 7.67. The van der Waals surface area contributed by atoms with Crippen LogP contribution in [0.5, 0.6) is 0 Å². The van der Waals surface area contributed by atoms with Crippen LogP contribution in [0.1, 0.15) is 39.0 Å². The Morgan fingerprint density at radius 2 is 2.06 bits per heavy atom. The van der Waals surface area contributed by atoms with E-state index in [2.05, 4.69) is 5.32 Å². The predicted molar refractivity (Wildman–Crippen MR) is 63.8 cm³/mol. The number of rotatable bonds is 5. The predicted octanol–water partition coefficient (Wildman–Crippen LogP) is 0.639. The van der Waals surface area contributed by atoms with Gasteiger partial charge in [-0.05, 0) is 51.5 Å². The number of aliphatic hydroxyl groups excluding tert-OH is 1. The second-order valence-corrected chi connectivity index (χ2v) is 4.88. The van der Waals surface area contributed by atoms with Crippen LogP contribution in [0.3, 0.4) is 0 Å². The molecule has 1 saturated carbocycles. The molecule has 1 amide bonds. The molecule has 16 heavy (non-hydrogen) atoms. The maximum atomic E-state index is 11.9. The molecule has 0 aromatic heterocycles. The Hall–Kier alpha value is -0.610. The highest BCUT2D eigenvalue weighted by atomic mass is 16.3. The van der Waals surface area contributed by atoms with Crippen LogP contribution in [0, 0.1) is 11.8 Å². The molecule has 1 rings (SSSR count). The average molecular weight is 228 g/mol. The van der Waals surface area contributed by atoms with E-state index >= 15 is 0 Å². The fraction of sp³-hybridized carbons (Fsp3) is 0.917. The van der Waals surface area contributed by atoms with Crippen LogP contribution < -0.4 is 11.1 Å². The Morgan fingerprint density at radius 1 is 1.44 bits per heavy atom. The van der Waals surface area contributed by atoms with E-state index in [-0.39, 0.29) is 24.5 Å². The molecule has 0 saturated heterocycles. The minimum Gasteiger partial charge on any atom is -0.396 e. The van der Waals surface area contributed by atoms with Gasteiger partial charge in [-0.3, -0.25) is 4.79 Å². The molecule has 4 N–H and O–H groups in total. The van der Waals surface area contributed by atoms with Gasteiger partial charge < -0.3 is 16.2 Å². The van der Waals surface area contributed by atoms with Crippen LogP contribution in [0.15, 0.2) is 0 Å². The summed E-state index contributed by atoms with van der Waals surface area (Å²) >= 11 is 0. The first kappa shape index (κ1) is 13.5. The van der Waals surface area contributed by atoms with Gasteiger partial charge in [0.1, 0.15) is 0 Å². The molecule has 94 valence electrons. The summed E-state index contributed by atoms with van der Waals surface area (Å²) in [5, 5.41) is 11.7. The lowest BCUT2D eigenvalue weighted by Gasteiger charge is -2.27. The first-order valence-electron chi connectivity index (χ1n) is 6.28. The van der Waals surface area contributed by atoms with Gasteiger partial charge in [0.05, 0.1) is 0 Å². The number of aliphatic hydroxyl groups is 1. The number of carbonyl (C=O) groups is 1. The van der Waals surface area contributed by atoms with Crippen LogP contribution >= 0.6 is 0 Å². The van der Waals surface area contributed by atoms with Crippen molar-refractivity contribution in [3.63, 3.8) is 0 Å². The molecule has 1 aliphatic carbocycles. The highest BCUT2D eigenvalue weighted by Gasteiger charge is 2.26. The van der Waals surface area contributed by atoms with E-state index in [1.54, 1.807) is 0 Å². The monoisotopic (exact) mass is 228 g/mol. The molecular weight excluding hydrogens is 204 g/mol. The number of carbonyl (C=O) groups excluding carboxylic acids is 1. The Balaban J connectivity index is 2.27. The van der Waals surface area contributed by atoms with Crippen molar-refractivity contribution in [3.05, 3.63) is 0 Å². The van der Waals surface area contributed by atoms with Gasteiger partial charge >= 0.3 is 0 Å². The maximum Gasteiger partial charge on any atom is 0.223 e. The first-order valence-corrected chi connectivity index (χ1v) is 6.28. The number of nitrogens with one attached hydrogen (secondary N) is 1. The van der Waals surface area contributed by atoms with Crippen molar-refractivity contribution in [1.82, 2.24) is 5.32 Å². The van der Waals surface area contributed by atoms with Crippen LogP contribution in [0.2, 0.25) is 0 Å². The minimum absolute atomic E-state index is 0.0738. The summed E-state index contributed by atoms with van der Waals surface area (Å²) in [6.07, 6.45) is 4.69. The van der Waals surface area contributed by atoms with Gasteiger partial charge in [0.25, 0.3) is 0 Å². The normalized spacial score (nSPS) is 27.4.